The smallest absolute Gasteiger partial charge is 0.0870 e. The van der Waals surface area contributed by atoms with Crippen molar-refractivity contribution in [3.8, 4) is 0 Å². The Kier molecular flexibility index (Phi) is 4.08. The Labute approximate surface area is 118 Å². The summed E-state index contributed by atoms with van der Waals surface area (Å²) in [6.07, 6.45) is 4.45. The van der Waals surface area contributed by atoms with Crippen molar-refractivity contribution in [1.29, 1.82) is 0 Å². The lowest BCUT2D eigenvalue weighted by atomic mass is 9.97. The fourth-order valence-corrected chi connectivity index (χ4v) is 2.62. The maximum atomic E-state index is 9.03. The van der Waals surface area contributed by atoms with Crippen molar-refractivity contribution in [1.82, 2.24) is 20.3 Å². The van der Waals surface area contributed by atoms with E-state index in [4.69, 9.17) is 5.11 Å². The average molecular weight is 272 g/mol. The Morgan fingerprint density at radius 3 is 2.75 bits per heavy atom. The molecule has 3 rings (SSSR count). The molecule has 1 fully saturated rings. The first-order valence-corrected chi connectivity index (χ1v) is 7.14. The Bertz CT molecular complexity index is 543. The Hall–Kier alpha value is -1.72. The number of nitrogens with zero attached hydrogens (tertiary/aromatic N) is 3. The number of hydrogen-bond donors (Lipinski definition) is 2. The summed E-state index contributed by atoms with van der Waals surface area (Å²) in [6.45, 7) is 2.92. The van der Waals surface area contributed by atoms with Crippen molar-refractivity contribution in [2.75, 3.05) is 13.1 Å². The van der Waals surface area contributed by atoms with Crippen LogP contribution in [0.1, 0.15) is 35.6 Å². The summed E-state index contributed by atoms with van der Waals surface area (Å²) in [5, 5.41) is 21.0. The van der Waals surface area contributed by atoms with E-state index < -0.39 is 0 Å². The molecule has 5 heteroatoms. The van der Waals surface area contributed by atoms with Crippen LogP contribution in [0.25, 0.3) is 0 Å². The summed E-state index contributed by atoms with van der Waals surface area (Å²) in [7, 11) is 0. The maximum Gasteiger partial charge on any atom is 0.0870 e. The number of piperidine rings is 1. The largest absolute Gasteiger partial charge is 0.392 e. The van der Waals surface area contributed by atoms with Gasteiger partial charge in [0.25, 0.3) is 0 Å². The highest BCUT2D eigenvalue weighted by Gasteiger charge is 2.18. The van der Waals surface area contributed by atoms with Gasteiger partial charge in [-0.3, -0.25) is 0 Å². The molecule has 0 amide bonds. The molecule has 0 unspecified atom stereocenters. The van der Waals surface area contributed by atoms with Crippen molar-refractivity contribution in [2.24, 2.45) is 0 Å². The van der Waals surface area contributed by atoms with E-state index in [2.05, 4.69) is 21.8 Å². The van der Waals surface area contributed by atoms with Gasteiger partial charge in [-0.2, -0.15) is 0 Å². The molecule has 5 nitrogen and oxygen atoms in total. The standard InChI is InChI=1S/C15H20N4O/c20-11-13-5-3-12(4-6-13)9-19-10-15(17-18-19)14-2-1-7-16-8-14/h3-6,10,14,16,20H,1-2,7-9,11H2/t14-/m0/s1. The fourth-order valence-electron chi connectivity index (χ4n) is 2.62. The number of rotatable bonds is 4. The van der Waals surface area contributed by atoms with Gasteiger partial charge in [-0.1, -0.05) is 29.5 Å². The van der Waals surface area contributed by atoms with Crippen LogP contribution >= 0.6 is 0 Å². The molecule has 0 saturated carbocycles. The van der Waals surface area contributed by atoms with E-state index >= 15 is 0 Å². The first kappa shape index (κ1) is 13.3. The molecule has 1 aliphatic rings. The normalized spacial score (nSPS) is 19.1. The van der Waals surface area contributed by atoms with Crippen LogP contribution in [0.15, 0.2) is 30.5 Å². The summed E-state index contributed by atoms with van der Waals surface area (Å²) in [6, 6.07) is 7.93. The van der Waals surface area contributed by atoms with E-state index in [1.54, 1.807) is 0 Å². The average Bonchev–Trinajstić information content (AvgIpc) is 2.97. The lowest BCUT2D eigenvalue weighted by molar-refractivity contribution is 0.282. The van der Waals surface area contributed by atoms with E-state index in [0.717, 1.165) is 30.9 Å². The van der Waals surface area contributed by atoms with Gasteiger partial charge in [0.2, 0.25) is 0 Å². The van der Waals surface area contributed by atoms with E-state index in [0.29, 0.717) is 5.92 Å². The first-order chi connectivity index (χ1) is 9.85. The zero-order valence-electron chi connectivity index (χ0n) is 11.5. The number of aliphatic hydroxyl groups is 1. The highest BCUT2D eigenvalue weighted by molar-refractivity contribution is 5.22. The second-order valence-corrected chi connectivity index (χ2v) is 5.36. The Morgan fingerprint density at radius 1 is 1.25 bits per heavy atom. The monoisotopic (exact) mass is 272 g/mol. The van der Waals surface area contributed by atoms with Gasteiger partial charge in [0, 0.05) is 18.7 Å². The van der Waals surface area contributed by atoms with Crippen LogP contribution in [0.4, 0.5) is 0 Å². The van der Waals surface area contributed by atoms with E-state index in [-0.39, 0.29) is 6.61 Å². The summed E-state index contributed by atoms with van der Waals surface area (Å²) >= 11 is 0. The fraction of sp³-hybridized carbons (Fsp3) is 0.467. The second kappa shape index (κ2) is 6.15. The second-order valence-electron chi connectivity index (χ2n) is 5.36. The predicted molar refractivity (Wildman–Crippen MR) is 76.3 cm³/mol. The minimum atomic E-state index is 0.0857. The van der Waals surface area contributed by atoms with Gasteiger partial charge in [-0.05, 0) is 30.5 Å². The molecule has 0 bridgehead atoms. The molecule has 2 N–H and O–H groups in total. The number of nitrogens with one attached hydrogen (secondary N) is 1. The molecule has 2 heterocycles. The first-order valence-electron chi connectivity index (χ1n) is 7.14. The maximum absolute atomic E-state index is 9.03. The third-order valence-electron chi connectivity index (χ3n) is 3.82. The summed E-state index contributed by atoms with van der Waals surface area (Å²) < 4.78 is 1.89. The van der Waals surface area contributed by atoms with Crippen LogP contribution in [0.2, 0.25) is 0 Å². The molecule has 0 radical (unpaired) electrons. The molecule has 0 aliphatic carbocycles. The third kappa shape index (κ3) is 3.05. The topological polar surface area (TPSA) is 63.0 Å². The van der Waals surface area contributed by atoms with Gasteiger partial charge in [-0.15, -0.1) is 5.10 Å². The molecular weight excluding hydrogens is 252 g/mol. The van der Waals surface area contributed by atoms with Crippen LogP contribution < -0.4 is 5.32 Å². The summed E-state index contributed by atoms with van der Waals surface area (Å²) in [4.78, 5) is 0. The zero-order valence-corrected chi connectivity index (χ0v) is 11.5. The summed E-state index contributed by atoms with van der Waals surface area (Å²) in [5.41, 5.74) is 3.19. The van der Waals surface area contributed by atoms with Crippen molar-refractivity contribution < 1.29 is 5.11 Å². The van der Waals surface area contributed by atoms with E-state index in [1.807, 2.05) is 28.9 Å². The number of benzene rings is 1. The van der Waals surface area contributed by atoms with Gasteiger partial charge >= 0.3 is 0 Å². The van der Waals surface area contributed by atoms with Crippen LogP contribution in [0.5, 0.6) is 0 Å². The molecule has 106 valence electrons. The highest BCUT2D eigenvalue weighted by atomic mass is 16.3. The van der Waals surface area contributed by atoms with E-state index in [1.165, 1.54) is 18.4 Å². The molecule has 20 heavy (non-hydrogen) atoms. The number of hydrogen-bond acceptors (Lipinski definition) is 4. The number of aromatic nitrogens is 3. The third-order valence-corrected chi connectivity index (χ3v) is 3.82. The van der Waals surface area contributed by atoms with Gasteiger partial charge in [-0.25, -0.2) is 4.68 Å². The van der Waals surface area contributed by atoms with Crippen LogP contribution in [-0.4, -0.2) is 33.2 Å². The molecule has 1 aromatic heterocycles. The Morgan fingerprint density at radius 2 is 2.05 bits per heavy atom. The van der Waals surface area contributed by atoms with Crippen LogP contribution in [0.3, 0.4) is 0 Å². The van der Waals surface area contributed by atoms with E-state index in [9.17, 15) is 0 Å². The van der Waals surface area contributed by atoms with Crippen LogP contribution in [-0.2, 0) is 13.2 Å². The van der Waals surface area contributed by atoms with Gasteiger partial charge < -0.3 is 10.4 Å². The molecule has 2 aromatic rings. The zero-order chi connectivity index (χ0) is 13.8. The minimum absolute atomic E-state index is 0.0857. The SMILES string of the molecule is OCc1ccc(Cn2cc([C@H]3CCCNC3)nn2)cc1. The summed E-state index contributed by atoms with van der Waals surface area (Å²) in [5.74, 6) is 0.495. The van der Waals surface area contributed by atoms with Gasteiger partial charge in [0.1, 0.15) is 0 Å². The molecule has 0 spiro atoms. The van der Waals surface area contributed by atoms with Crippen LogP contribution in [0, 0.1) is 0 Å². The van der Waals surface area contributed by atoms with Crippen molar-refractivity contribution in [3.05, 3.63) is 47.3 Å². The van der Waals surface area contributed by atoms with Crippen molar-refractivity contribution in [2.45, 2.75) is 31.9 Å². The van der Waals surface area contributed by atoms with Crippen molar-refractivity contribution in [3.63, 3.8) is 0 Å². The lowest BCUT2D eigenvalue weighted by Crippen LogP contribution is -2.28. The molecule has 1 aliphatic heterocycles. The van der Waals surface area contributed by atoms with Crippen molar-refractivity contribution >= 4 is 0 Å². The quantitative estimate of drug-likeness (QED) is 0.880. The Balaban J connectivity index is 1.66. The molecular formula is C15H20N4O. The highest BCUT2D eigenvalue weighted by Crippen LogP contribution is 2.20. The molecule has 1 aromatic carbocycles. The van der Waals surface area contributed by atoms with Gasteiger partial charge in [0.05, 0.1) is 18.8 Å². The van der Waals surface area contributed by atoms with Gasteiger partial charge in [0.15, 0.2) is 0 Å². The minimum Gasteiger partial charge on any atom is -0.392 e. The molecule has 1 saturated heterocycles. The number of aliphatic hydroxyl groups excluding tert-OH is 1. The predicted octanol–water partition coefficient (Wildman–Crippen LogP) is 1.29. The molecule has 1 atom stereocenters. The lowest BCUT2D eigenvalue weighted by Gasteiger charge is -2.20.